The van der Waals surface area contributed by atoms with E-state index in [-0.39, 0.29) is 16.4 Å². The Morgan fingerprint density at radius 3 is 2.45 bits per heavy atom. The molecule has 3 rings (SSSR count). The van der Waals surface area contributed by atoms with Gasteiger partial charge in [-0.3, -0.25) is 9.10 Å². The molecule has 0 saturated heterocycles. The van der Waals surface area contributed by atoms with Gasteiger partial charge in [0.2, 0.25) is 0 Å². The van der Waals surface area contributed by atoms with Crippen LogP contribution in [-0.2, 0) is 16.4 Å². The van der Waals surface area contributed by atoms with Crippen LogP contribution in [0.5, 0.6) is 0 Å². The highest BCUT2D eigenvalue weighted by molar-refractivity contribution is 7.92. The SMILES string of the molecule is CCc1ccccc1NC(=O)c1cccc(S(=O)(=O)N(C)c2cccc(Cl)c2)c1. The number of halogens is 1. The molecule has 1 N–H and O–H groups in total. The molecule has 0 aliphatic heterocycles. The first-order valence-corrected chi connectivity index (χ1v) is 10.9. The molecule has 29 heavy (non-hydrogen) atoms. The Balaban J connectivity index is 1.89. The van der Waals surface area contributed by atoms with E-state index in [1.165, 1.54) is 19.2 Å². The summed E-state index contributed by atoms with van der Waals surface area (Å²) in [4.78, 5) is 12.7. The van der Waals surface area contributed by atoms with Crippen LogP contribution in [-0.4, -0.2) is 21.4 Å². The number of rotatable bonds is 6. The number of nitrogens with zero attached hydrogens (tertiary/aromatic N) is 1. The maximum atomic E-state index is 13.0. The minimum absolute atomic E-state index is 0.0244. The van der Waals surface area contributed by atoms with E-state index in [0.29, 0.717) is 16.4 Å². The molecule has 0 aromatic heterocycles. The number of anilines is 2. The monoisotopic (exact) mass is 428 g/mol. The molecule has 5 nitrogen and oxygen atoms in total. The van der Waals surface area contributed by atoms with Gasteiger partial charge in [0.15, 0.2) is 0 Å². The number of amides is 1. The second kappa shape index (κ2) is 8.68. The van der Waals surface area contributed by atoms with Gasteiger partial charge in [-0.25, -0.2) is 8.42 Å². The number of hydrogen-bond acceptors (Lipinski definition) is 3. The first-order valence-electron chi connectivity index (χ1n) is 9.06. The zero-order valence-electron chi connectivity index (χ0n) is 16.1. The number of carbonyl (C=O) groups excluding carboxylic acids is 1. The molecule has 0 radical (unpaired) electrons. The van der Waals surface area contributed by atoms with Gasteiger partial charge in [0, 0.05) is 23.3 Å². The van der Waals surface area contributed by atoms with E-state index in [1.54, 1.807) is 36.4 Å². The van der Waals surface area contributed by atoms with Gasteiger partial charge < -0.3 is 5.32 Å². The van der Waals surface area contributed by atoms with Gasteiger partial charge in [-0.1, -0.05) is 48.9 Å². The van der Waals surface area contributed by atoms with Crippen LogP contribution in [0.25, 0.3) is 0 Å². The van der Waals surface area contributed by atoms with E-state index < -0.39 is 10.0 Å². The lowest BCUT2D eigenvalue weighted by atomic mass is 10.1. The lowest BCUT2D eigenvalue weighted by Crippen LogP contribution is -2.27. The van der Waals surface area contributed by atoms with Crippen molar-refractivity contribution in [3.8, 4) is 0 Å². The normalized spacial score (nSPS) is 11.1. The standard InChI is InChI=1S/C22H21ClN2O3S/c1-3-16-8-4-5-13-21(16)24-22(26)17-9-6-12-20(14-17)29(27,28)25(2)19-11-7-10-18(23)15-19/h4-15H,3H2,1-2H3,(H,24,26). The van der Waals surface area contributed by atoms with Crippen molar-refractivity contribution in [3.05, 3.63) is 88.9 Å². The lowest BCUT2D eigenvalue weighted by Gasteiger charge is -2.20. The second-order valence-corrected chi connectivity index (χ2v) is 8.85. The third kappa shape index (κ3) is 4.60. The van der Waals surface area contributed by atoms with Crippen LogP contribution in [0, 0.1) is 0 Å². The van der Waals surface area contributed by atoms with Crippen LogP contribution in [0.4, 0.5) is 11.4 Å². The number of carbonyl (C=O) groups is 1. The molecule has 1 amide bonds. The van der Waals surface area contributed by atoms with Crippen molar-refractivity contribution in [3.63, 3.8) is 0 Å². The molecule has 3 aromatic carbocycles. The molecule has 150 valence electrons. The molecule has 0 aliphatic carbocycles. The molecule has 0 bridgehead atoms. The summed E-state index contributed by atoms with van der Waals surface area (Å²) in [5.41, 5.74) is 2.41. The fourth-order valence-corrected chi connectivity index (χ4v) is 4.33. The average molecular weight is 429 g/mol. The molecule has 0 heterocycles. The molecule has 3 aromatic rings. The molecular formula is C22H21ClN2O3S. The summed E-state index contributed by atoms with van der Waals surface area (Å²) in [6, 6.07) is 20.1. The number of aryl methyl sites for hydroxylation is 1. The number of nitrogens with one attached hydrogen (secondary N) is 1. The zero-order chi connectivity index (χ0) is 21.0. The van der Waals surface area contributed by atoms with Gasteiger partial charge in [-0.2, -0.15) is 0 Å². The zero-order valence-corrected chi connectivity index (χ0v) is 17.7. The Kier molecular flexibility index (Phi) is 6.25. The van der Waals surface area contributed by atoms with E-state index in [9.17, 15) is 13.2 Å². The lowest BCUT2D eigenvalue weighted by molar-refractivity contribution is 0.102. The highest BCUT2D eigenvalue weighted by atomic mass is 35.5. The number of sulfonamides is 1. The van der Waals surface area contributed by atoms with Crippen LogP contribution in [0.1, 0.15) is 22.8 Å². The Labute approximate surface area is 176 Å². The molecule has 0 atom stereocenters. The molecule has 0 aliphatic rings. The molecule has 0 spiro atoms. The van der Waals surface area contributed by atoms with Gasteiger partial charge >= 0.3 is 0 Å². The summed E-state index contributed by atoms with van der Waals surface area (Å²) < 4.78 is 27.2. The van der Waals surface area contributed by atoms with Gasteiger partial charge in [0.1, 0.15) is 0 Å². The fraction of sp³-hybridized carbons (Fsp3) is 0.136. The first-order chi connectivity index (χ1) is 13.8. The highest BCUT2D eigenvalue weighted by Gasteiger charge is 2.22. The minimum atomic E-state index is -3.86. The third-order valence-electron chi connectivity index (χ3n) is 4.57. The Hall–Kier alpha value is -2.83. The summed E-state index contributed by atoms with van der Waals surface area (Å²) in [5.74, 6) is -0.367. The van der Waals surface area contributed by atoms with Crippen LogP contribution >= 0.6 is 11.6 Å². The molecule has 0 fully saturated rings. The maximum Gasteiger partial charge on any atom is 0.264 e. The van der Waals surface area contributed by atoms with Crippen LogP contribution < -0.4 is 9.62 Å². The van der Waals surface area contributed by atoms with Gasteiger partial charge in [-0.15, -0.1) is 0 Å². The average Bonchev–Trinajstić information content (AvgIpc) is 2.73. The number of benzene rings is 3. The number of para-hydroxylation sites is 1. The predicted octanol–water partition coefficient (Wildman–Crippen LogP) is 4.98. The van der Waals surface area contributed by atoms with Crippen molar-refractivity contribution in [1.82, 2.24) is 0 Å². The minimum Gasteiger partial charge on any atom is -0.322 e. The molecule has 0 saturated carbocycles. The van der Waals surface area contributed by atoms with E-state index in [0.717, 1.165) is 16.3 Å². The van der Waals surface area contributed by atoms with Crippen LogP contribution in [0.3, 0.4) is 0 Å². The van der Waals surface area contributed by atoms with Crippen molar-refractivity contribution in [2.24, 2.45) is 0 Å². The highest BCUT2D eigenvalue weighted by Crippen LogP contribution is 2.25. The van der Waals surface area contributed by atoms with Crippen molar-refractivity contribution in [2.45, 2.75) is 18.2 Å². The third-order valence-corrected chi connectivity index (χ3v) is 6.59. The van der Waals surface area contributed by atoms with Crippen molar-refractivity contribution >= 4 is 38.9 Å². The second-order valence-electron chi connectivity index (χ2n) is 6.45. The summed E-state index contributed by atoms with van der Waals surface area (Å²) in [6.07, 6.45) is 0.773. The van der Waals surface area contributed by atoms with Gasteiger partial charge in [-0.05, 0) is 54.4 Å². The van der Waals surface area contributed by atoms with E-state index in [2.05, 4.69) is 5.32 Å². The Bertz CT molecular complexity index is 1150. The fourth-order valence-electron chi connectivity index (χ4n) is 2.91. The summed E-state index contributed by atoms with van der Waals surface area (Å²) >= 11 is 5.98. The topological polar surface area (TPSA) is 66.5 Å². The Morgan fingerprint density at radius 2 is 1.72 bits per heavy atom. The smallest absolute Gasteiger partial charge is 0.264 e. The van der Waals surface area contributed by atoms with Gasteiger partial charge in [0.05, 0.1) is 10.6 Å². The summed E-state index contributed by atoms with van der Waals surface area (Å²) in [5, 5.41) is 3.30. The number of hydrogen-bond donors (Lipinski definition) is 1. The van der Waals surface area contributed by atoms with E-state index >= 15 is 0 Å². The quantitative estimate of drug-likeness (QED) is 0.602. The van der Waals surface area contributed by atoms with Crippen LogP contribution in [0.15, 0.2) is 77.7 Å². The predicted molar refractivity (Wildman–Crippen MR) is 117 cm³/mol. The molecular weight excluding hydrogens is 408 g/mol. The van der Waals surface area contributed by atoms with Crippen molar-refractivity contribution < 1.29 is 13.2 Å². The summed E-state index contributed by atoms with van der Waals surface area (Å²) in [7, 11) is -2.41. The van der Waals surface area contributed by atoms with Crippen LogP contribution in [0.2, 0.25) is 5.02 Å². The van der Waals surface area contributed by atoms with Crippen molar-refractivity contribution in [1.29, 1.82) is 0 Å². The van der Waals surface area contributed by atoms with E-state index in [4.69, 9.17) is 11.6 Å². The molecule has 0 unspecified atom stereocenters. The Morgan fingerprint density at radius 1 is 1.00 bits per heavy atom. The first kappa shape index (κ1) is 20.9. The summed E-state index contributed by atoms with van der Waals surface area (Å²) in [6.45, 7) is 2.00. The van der Waals surface area contributed by atoms with E-state index in [1.807, 2.05) is 31.2 Å². The van der Waals surface area contributed by atoms with Gasteiger partial charge in [0.25, 0.3) is 15.9 Å². The maximum absolute atomic E-state index is 13.0. The molecule has 7 heteroatoms. The van der Waals surface area contributed by atoms with Crippen molar-refractivity contribution in [2.75, 3.05) is 16.7 Å². The largest absolute Gasteiger partial charge is 0.322 e.